The minimum absolute atomic E-state index is 0.0682. The summed E-state index contributed by atoms with van der Waals surface area (Å²) in [6.07, 6.45) is -5.01. The highest BCUT2D eigenvalue weighted by Crippen LogP contribution is 2.31. The Hall–Kier alpha value is -2.60. The number of carbonyl (C=O) groups excluding carboxylic acids is 2. The second-order valence-electron chi connectivity index (χ2n) is 7.47. The zero-order chi connectivity index (χ0) is 22.7. The van der Waals surface area contributed by atoms with Crippen molar-refractivity contribution in [2.75, 3.05) is 49.1 Å². The first-order chi connectivity index (χ1) is 14.7. The minimum Gasteiger partial charge on any atom is -0.442 e. The zero-order valence-electron chi connectivity index (χ0n) is 17.1. The lowest BCUT2D eigenvalue weighted by molar-refractivity contribution is -0.168. The number of alkyl halides is 2. The summed E-state index contributed by atoms with van der Waals surface area (Å²) in [5.41, 5.74) is -0.285. The Kier molecular flexibility index (Phi) is 7.21. The van der Waals surface area contributed by atoms with E-state index in [-0.39, 0.29) is 43.7 Å². The largest absolute Gasteiger partial charge is 0.442 e. The third kappa shape index (κ3) is 5.37. The third-order valence-corrected chi connectivity index (χ3v) is 4.99. The summed E-state index contributed by atoms with van der Waals surface area (Å²) in [5.74, 6) is -3.20. The smallest absolute Gasteiger partial charge is 0.414 e. The van der Waals surface area contributed by atoms with Gasteiger partial charge in [-0.15, -0.1) is 0 Å². The van der Waals surface area contributed by atoms with E-state index in [1.807, 2.05) is 19.2 Å². The molecule has 0 spiro atoms. The van der Waals surface area contributed by atoms with Crippen LogP contribution in [0.3, 0.4) is 0 Å². The van der Waals surface area contributed by atoms with Crippen molar-refractivity contribution in [2.24, 2.45) is 0 Å². The van der Waals surface area contributed by atoms with Crippen LogP contribution in [0.1, 0.15) is 13.8 Å². The number of halogens is 4. The number of carbonyl (C=O) groups is 2. The van der Waals surface area contributed by atoms with E-state index < -0.39 is 36.2 Å². The molecule has 0 bridgehead atoms. The molecule has 2 amide bonds. The molecule has 1 aromatic rings. The Labute approximate surface area is 176 Å². The Morgan fingerprint density at radius 2 is 1.87 bits per heavy atom. The molecule has 12 heteroatoms. The summed E-state index contributed by atoms with van der Waals surface area (Å²) in [4.78, 5) is 31.2. The van der Waals surface area contributed by atoms with Gasteiger partial charge in [0, 0.05) is 37.8 Å². The molecule has 172 valence electrons. The number of rotatable bonds is 6. The van der Waals surface area contributed by atoms with Crippen LogP contribution in [0.2, 0.25) is 0 Å². The van der Waals surface area contributed by atoms with Gasteiger partial charge in [0.25, 0.3) is 5.91 Å². The fourth-order valence-electron chi connectivity index (χ4n) is 3.44. The molecular formula is C19H24F4N4O4. The number of nitrogens with zero attached hydrogens (tertiary/aromatic N) is 3. The molecular weight excluding hydrogens is 424 g/mol. The van der Waals surface area contributed by atoms with Crippen LogP contribution in [-0.2, 0) is 14.4 Å². The van der Waals surface area contributed by atoms with E-state index in [1.54, 1.807) is 9.96 Å². The summed E-state index contributed by atoms with van der Waals surface area (Å²) in [7, 11) is 0. The van der Waals surface area contributed by atoms with Crippen LogP contribution in [0.4, 0.5) is 33.7 Å². The van der Waals surface area contributed by atoms with Crippen LogP contribution >= 0.6 is 0 Å². The molecule has 0 unspecified atom stereocenters. The minimum atomic E-state index is -3.19. The van der Waals surface area contributed by atoms with Crippen LogP contribution in [0.5, 0.6) is 0 Å². The monoisotopic (exact) mass is 448 g/mol. The first kappa shape index (κ1) is 23.1. The van der Waals surface area contributed by atoms with Crippen molar-refractivity contribution in [3.63, 3.8) is 0 Å². The van der Waals surface area contributed by atoms with Crippen molar-refractivity contribution >= 4 is 23.4 Å². The molecule has 2 heterocycles. The maximum absolute atomic E-state index is 14.8. The molecule has 2 aliphatic heterocycles. The second-order valence-corrected chi connectivity index (χ2v) is 7.47. The van der Waals surface area contributed by atoms with Gasteiger partial charge in [0.1, 0.15) is 11.8 Å². The molecule has 1 aromatic carbocycles. The Morgan fingerprint density at radius 3 is 2.48 bits per heavy atom. The van der Waals surface area contributed by atoms with Crippen molar-refractivity contribution < 1.29 is 36.7 Å². The van der Waals surface area contributed by atoms with Crippen LogP contribution in [0.25, 0.3) is 0 Å². The molecule has 8 nitrogen and oxygen atoms in total. The van der Waals surface area contributed by atoms with E-state index >= 15 is 0 Å². The lowest BCUT2D eigenvalue weighted by Crippen LogP contribution is -2.37. The van der Waals surface area contributed by atoms with E-state index in [9.17, 15) is 27.2 Å². The molecule has 0 saturated carbocycles. The van der Waals surface area contributed by atoms with Crippen molar-refractivity contribution in [1.82, 2.24) is 10.4 Å². The van der Waals surface area contributed by atoms with Crippen LogP contribution in [0.15, 0.2) is 12.1 Å². The number of nitrogens with one attached hydrogen (secondary N) is 1. The van der Waals surface area contributed by atoms with Gasteiger partial charge in [-0.1, -0.05) is 0 Å². The lowest BCUT2D eigenvalue weighted by Gasteiger charge is -2.25. The third-order valence-electron chi connectivity index (χ3n) is 4.99. The van der Waals surface area contributed by atoms with E-state index in [1.165, 1.54) is 0 Å². The maximum atomic E-state index is 14.8. The van der Waals surface area contributed by atoms with E-state index in [0.717, 1.165) is 17.0 Å². The molecule has 2 saturated heterocycles. The van der Waals surface area contributed by atoms with Gasteiger partial charge >= 0.3 is 12.5 Å². The average molecular weight is 448 g/mol. The first-order valence-corrected chi connectivity index (χ1v) is 9.85. The standard InChI is InChI=1S/C19H24F4N4O4/c1-11(2)27-4-3-25(5-6-30-27)16-14(20)7-12(8-15(16)21)26-10-13(31-19(26)29)9-24-18(28)17(22)23/h7-8,11,13,17H,3-6,9-10H2,1-2H3,(H,24,28)/t13-/m0/s1. The average Bonchev–Trinajstić information content (AvgIpc) is 2.90. The number of anilines is 2. The van der Waals surface area contributed by atoms with Gasteiger partial charge < -0.3 is 15.0 Å². The van der Waals surface area contributed by atoms with Crippen LogP contribution < -0.4 is 15.1 Å². The topological polar surface area (TPSA) is 74.4 Å². The highest BCUT2D eigenvalue weighted by molar-refractivity contribution is 5.90. The summed E-state index contributed by atoms with van der Waals surface area (Å²) >= 11 is 0. The zero-order valence-corrected chi connectivity index (χ0v) is 17.1. The van der Waals surface area contributed by atoms with Gasteiger partial charge in [0.05, 0.1) is 25.4 Å². The molecule has 1 N–H and O–H groups in total. The molecule has 0 radical (unpaired) electrons. The number of hydroxylamine groups is 2. The molecule has 3 rings (SSSR count). The summed E-state index contributed by atoms with van der Waals surface area (Å²) in [6, 6.07) is 2.16. The molecule has 1 atom stereocenters. The van der Waals surface area contributed by atoms with Gasteiger partial charge in [-0.3, -0.25) is 14.5 Å². The number of hydrogen-bond donors (Lipinski definition) is 1. The van der Waals surface area contributed by atoms with E-state index in [0.29, 0.717) is 13.1 Å². The molecule has 2 fully saturated rings. The van der Waals surface area contributed by atoms with Crippen molar-refractivity contribution in [1.29, 1.82) is 0 Å². The molecule has 31 heavy (non-hydrogen) atoms. The highest BCUT2D eigenvalue weighted by atomic mass is 19.3. The quantitative estimate of drug-likeness (QED) is 0.673. The molecule has 0 aliphatic carbocycles. The van der Waals surface area contributed by atoms with Gasteiger partial charge in [-0.05, 0) is 13.8 Å². The fraction of sp³-hybridized carbons (Fsp3) is 0.579. The molecule has 0 aromatic heterocycles. The Morgan fingerprint density at radius 1 is 1.19 bits per heavy atom. The number of benzene rings is 1. The van der Waals surface area contributed by atoms with Crippen molar-refractivity contribution in [3.8, 4) is 0 Å². The predicted molar refractivity (Wildman–Crippen MR) is 103 cm³/mol. The van der Waals surface area contributed by atoms with Crippen molar-refractivity contribution in [3.05, 3.63) is 23.8 Å². The first-order valence-electron chi connectivity index (χ1n) is 9.85. The van der Waals surface area contributed by atoms with E-state index in [4.69, 9.17) is 9.57 Å². The lowest BCUT2D eigenvalue weighted by atomic mass is 10.2. The number of hydrogen-bond acceptors (Lipinski definition) is 6. The second kappa shape index (κ2) is 9.69. The van der Waals surface area contributed by atoms with Crippen LogP contribution in [0, 0.1) is 11.6 Å². The maximum Gasteiger partial charge on any atom is 0.414 e. The SMILES string of the molecule is CC(C)N1CCN(c2c(F)cc(N3C[C@H](CNC(=O)C(F)F)OC3=O)cc2F)CCO1. The highest BCUT2D eigenvalue weighted by Gasteiger charge is 2.34. The Bertz CT molecular complexity index is 803. The summed E-state index contributed by atoms with van der Waals surface area (Å²) in [5, 5.41) is 3.69. The number of amides is 2. The summed E-state index contributed by atoms with van der Waals surface area (Å²) in [6.45, 7) is 4.78. The van der Waals surface area contributed by atoms with Gasteiger partial charge in [-0.25, -0.2) is 13.6 Å². The van der Waals surface area contributed by atoms with Crippen LogP contribution in [-0.4, -0.2) is 75.0 Å². The fourth-order valence-corrected chi connectivity index (χ4v) is 3.44. The van der Waals surface area contributed by atoms with E-state index in [2.05, 4.69) is 0 Å². The van der Waals surface area contributed by atoms with Crippen molar-refractivity contribution in [2.45, 2.75) is 32.4 Å². The molecule has 2 aliphatic rings. The predicted octanol–water partition coefficient (Wildman–Crippen LogP) is 2.13. The number of cyclic esters (lactones) is 1. The Balaban J connectivity index is 1.70. The normalized spacial score (nSPS) is 20.4. The van der Waals surface area contributed by atoms with Gasteiger partial charge in [0.15, 0.2) is 11.6 Å². The van der Waals surface area contributed by atoms with Gasteiger partial charge in [0.2, 0.25) is 0 Å². The number of ether oxygens (including phenoxy) is 1. The van der Waals surface area contributed by atoms with Gasteiger partial charge in [-0.2, -0.15) is 13.8 Å². The summed E-state index contributed by atoms with van der Waals surface area (Å²) < 4.78 is 59.2.